The van der Waals surface area contributed by atoms with Gasteiger partial charge in [0.05, 0.1) is 5.60 Å². The normalized spacial score (nSPS) is 14.1. The maximum Gasteiger partial charge on any atom is 0.124 e. The molecule has 2 rings (SSSR count). The number of phenols is 1. The predicted molar refractivity (Wildman–Crippen MR) is 75.5 cm³/mol. The Kier molecular flexibility index (Phi) is 3.92. The van der Waals surface area contributed by atoms with Crippen LogP contribution in [0.15, 0.2) is 46.9 Å². The first-order valence-electron chi connectivity index (χ1n) is 5.84. The minimum absolute atomic E-state index is 0.146. The Labute approximate surface area is 119 Å². The van der Waals surface area contributed by atoms with Crippen LogP contribution in [0, 0.1) is 5.82 Å². The van der Waals surface area contributed by atoms with Gasteiger partial charge in [0.25, 0.3) is 0 Å². The van der Waals surface area contributed by atoms with E-state index in [4.69, 9.17) is 0 Å². The summed E-state index contributed by atoms with van der Waals surface area (Å²) in [5.74, 6) is -0.195. The lowest BCUT2D eigenvalue weighted by Gasteiger charge is -2.24. The molecule has 4 heteroatoms. The summed E-state index contributed by atoms with van der Waals surface area (Å²) in [7, 11) is 0. The number of aromatic hydroxyl groups is 1. The Morgan fingerprint density at radius 1 is 1.16 bits per heavy atom. The van der Waals surface area contributed by atoms with Crippen LogP contribution in [-0.2, 0) is 12.0 Å². The maximum atomic E-state index is 13.3. The molecule has 0 bridgehead atoms. The van der Waals surface area contributed by atoms with E-state index >= 15 is 0 Å². The molecule has 100 valence electrons. The van der Waals surface area contributed by atoms with Gasteiger partial charge in [0.1, 0.15) is 11.6 Å². The van der Waals surface area contributed by atoms with Crippen LogP contribution in [0.5, 0.6) is 5.75 Å². The molecule has 0 aliphatic rings. The molecule has 1 unspecified atom stereocenters. The van der Waals surface area contributed by atoms with E-state index in [1.807, 2.05) is 0 Å². The molecule has 2 N–H and O–H groups in total. The van der Waals surface area contributed by atoms with Gasteiger partial charge in [-0.2, -0.15) is 0 Å². The van der Waals surface area contributed by atoms with Crippen molar-refractivity contribution in [2.75, 3.05) is 0 Å². The monoisotopic (exact) mass is 324 g/mol. The lowest BCUT2D eigenvalue weighted by molar-refractivity contribution is 0.0575. The van der Waals surface area contributed by atoms with Gasteiger partial charge in [-0.3, -0.25) is 0 Å². The summed E-state index contributed by atoms with van der Waals surface area (Å²) in [5, 5.41) is 19.7. The SMILES string of the molecule is CC(O)(Cc1cc(F)cc(Br)c1)c1ccc(O)cc1. The van der Waals surface area contributed by atoms with Crippen LogP contribution in [0.2, 0.25) is 0 Å². The molecule has 0 fully saturated rings. The van der Waals surface area contributed by atoms with E-state index in [1.165, 1.54) is 24.3 Å². The average molecular weight is 325 g/mol. The second kappa shape index (κ2) is 5.31. The second-order valence-electron chi connectivity index (χ2n) is 4.78. The highest BCUT2D eigenvalue weighted by Crippen LogP contribution is 2.28. The maximum absolute atomic E-state index is 13.3. The van der Waals surface area contributed by atoms with Crippen molar-refractivity contribution in [3.8, 4) is 5.75 Å². The van der Waals surface area contributed by atoms with Gasteiger partial charge in [0.2, 0.25) is 0 Å². The number of hydrogen-bond donors (Lipinski definition) is 2. The Balaban J connectivity index is 2.27. The number of hydrogen-bond acceptors (Lipinski definition) is 2. The zero-order valence-corrected chi connectivity index (χ0v) is 12.0. The van der Waals surface area contributed by atoms with E-state index in [9.17, 15) is 14.6 Å². The zero-order chi connectivity index (χ0) is 14.0. The average Bonchev–Trinajstić information content (AvgIpc) is 2.27. The highest BCUT2D eigenvalue weighted by Gasteiger charge is 2.23. The highest BCUT2D eigenvalue weighted by molar-refractivity contribution is 9.10. The molecule has 0 radical (unpaired) electrons. The first-order chi connectivity index (χ1) is 8.87. The Bertz CT molecular complexity index is 559. The summed E-state index contributed by atoms with van der Waals surface area (Å²) < 4.78 is 14.0. The second-order valence-corrected chi connectivity index (χ2v) is 5.69. The fourth-order valence-electron chi connectivity index (χ4n) is 2.03. The number of phenolic OH excluding ortho intramolecular Hbond substituents is 1. The molecular weight excluding hydrogens is 311 g/mol. The van der Waals surface area contributed by atoms with Gasteiger partial charge in [-0.25, -0.2) is 4.39 Å². The standard InChI is InChI=1S/C15H14BrFO2/c1-15(19,11-2-4-14(18)5-3-11)9-10-6-12(16)8-13(17)7-10/h2-8,18-19H,9H2,1H3. The van der Waals surface area contributed by atoms with Crippen molar-refractivity contribution in [3.63, 3.8) is 0 Å². The van der Waals surface area contributed by atoms with Gasteiger partial charge in [0.15, 0.2) is 0 Å². The van der Waals surface area contributed by atoms with Crippen LogP contribution < -0.4 is 0 Å². The van der Waals surface area contributed by atoms with Gasteiger partial charge in [-0.05, 0) is 48.4 Å². The molecule has 0 amide bonds. The number of rotatable bonds is 3. The van der Waals surface area contributed by atoms with E-state index in [1.54, 1.807) is 25.1 Å². The minimum Gasteiger partial charge on any atom is -0.508 e. The summed E-state index contributed by atoms with van der Waals surface area (Å²) in [6, 6.07) is 10.9. The molecule has 0 aliphatic heterocycles. The van der Waals surface area contributed by atoms with Crippen molar-refractivity contribution in [2.24, 2.45) is 0 Å². The topological polar surface area (TPSA) is 40.5 Å². The van der Waals surface area contributed by atoms with Gasteiger partial charge < -0.3 is 10.2 Å². The summed E-state index contributed by atoms with van der Waals surface area (Å²) >= 11 is 3.23. The molecule has 0 aromatic heterocycles. The van der Waals surface area contributed by atoms with Gasteiger partial charge >= 0.3 is 0 Å². The predicted octanol–water partition coefficient (Wildman–Crippen LogP) is 3.74. The Morgan fingerprint density at radius 2 is 1.79 bits per heavy atom. The largest absolute Gasteiger partial charge is 0.508 e. The molecule has 19 heavy (non-hydrogen) atoms. The van der Waals surface area contributed by atoms with E-state index in [0.717, 1.165) is 0 Å². The molecule has 0 saturated carbocycles. The summed E-state index contributed by atoms with van der Waals surface area (Å²) in [4.78, 5) is 0. The van der Waals surface area contributed by atoms with Crippen LogP contribution >= 0.6 is 15.9 Å². The van der Waals surface area contributed by atoms with Crippen LogP contribution in [0.1, 0.15) is 18.1 Å². The quantitative estimate of drug-likeness (QED) is 0.902. The zero-order valence-electron chi connectivity index (χ0n) is 10.4. The fraction of sp³-hybridized carbons (Fsp3) is 0.200. The van der Waals surface area contributed by atoms with Crippen LogP contribution in [0.25, 0.3) is 0 Å². The Morgan fingerprint density at radius 3 is 2.37 bits per heavy atom. The van der Waals surface area contributed by atoms with Crippen LogP contribution in [0.4, 0.5) is 4.39 Å². The first-order valence-corrected chi connectivity index (χ1v) is 6.63. The summed E-state index contributed by atoms with van der Waals surface area (Å²) in [6.45, 7) is 1.66. The highest BCUT2D eigenvalue weighted by atomic mass is 79.9. The lowest BCUT2D eigenvalue weighted by atomic mass is 9.89. The van der Waals surface area contributed by atoms with E-state index in [-0.39, 0.29) is 18.0 Å². The number of benzene rings is 2. The molecule has 0 aliphatic carbocycles. The van der Waals surface area contributed by atoms with Crippen molar-refractivity contribution in [1.82, 2.24) is 0 Å². The molecule has 2 aromatic carbocycles. The van der Waals surface area contributed by atoms with E-state index in [2.05, 4.69) is 15.9 Å². The third-order valence-electron chi connectivity index (χ3n) is 2.96. The van der Waals surface area contributed by atoms with Gasteiger partial charge in [-0.1, -0.05) is 28.1 Å². The van der Waals surface area contributed by atoms with E-state index in [0.29, 0.717) is 15.6 Å². The minimum atomic E-state index is -1.12. The van der Waals surface area contributed by atoms with Crippen molar-refractivity contribution in [3.05, 3.63) is 63.9 Å². The van der Waals surface area contributed by atoms with Crippen LogP contribution in [-0.4, -0.2) is 10.2 Å². The third-order valence-corrected chi connectivity index (χ3v) is 3.42. The molecule has 0 spiro atoms. The smallest absolute Gasteiger partial charge is 0.124 e. The molecular formula is C15H14BrFO2. The fourth-order valence-corrected chi connectivity index (χ4v) is 2.55. The summed E-state index contributed by atoms with van der Waals surface area (Å²) in [6.07, 6.45) is 0.286. The van der Waals surface area contributed by atoms with E-state index < -0.39 is 5.60 Å². The third kappa shape index (κ3) is 3.55. The molecule has 0 saturated heterocycles. The summed E-state index contributed by atoms with van der Waals surface area (Å²) in [5.41, 5.74) is 0.247. The molecule has 2 aromatic rings. The lowest BCUT2D eigenvalue weighted by Crippen LogP contribution is -2.24. The van der Waals surface area contributed by atoms with Gasteiger partial charge in [-0.15, -0.1) is 0 Å². The van der Waals surface area contributed by atoms with Crippen molar-refractivity contribution >= 4 is 15.9 Å². The Hall–Kier alpha value is -1.39. The van der Waals surface area contributed by atoms with Crippen molar-refractivity contribution < 1.29 is 14.6 Å². The van der Waals surface area contributed by atoms with Crippen LogP contribution in [0.3, 0.4) is 0 Å². The number of aliphatic hydroxyl groups is 1. The first kappa shape index (κ1) is 14.0. The molecule has 1 atom stereocenters. The van der Waals surface area contributed by atoms with Crippen molar-refractivity contribution in [2.45, 2.75) is 18.9 Å². The number of halogens is 2. The van der Waals surface area contributed by atoms with Crippen molar-refractivity contribution in [1.29, 1.82) is 0 Å². The molecule has 0 heterocycles. The van der Waals surface area contributed by atoms with Gasteiger partial charge in [0, 0.05) is 10.9 Å². The molecule has 2 nitrogen and oxygen atoms in total.